The van der Waals surface area contributed by atoms with Gasteiger partial charge in [0, 0.05) is 18.7 Å². The lowest BCUT2D eigenvalue weighted by Crippen LogP contribution is -2.28. The number of hydrogen-bond acceptors (Lipinski definition) is 3. The lowest BCUT2D eigenvalue weighted by Gasteiger charge is -2.16. The zero-order chi connectivity index (χ0) is 17.9. The second-order valence-corrected chi connectivity index (χ2v) is 8.18. The summed E-state index contributed by atoms with van der Waals surface area (Å²) in [5, 5.41) is 2.93. The summed E-state index contributed by atoms with van der Waals surface area (Å²) in [6, 6.07) is 15.7. The average Bonchev–Trinajstić information content (AvgIpc) is 3.18. The number of nitrogens with one attached hydrogen (secondary N) is 1. The Morgan fingerprint density at radius 2 is 1.60 bits per heavy atom. The van der Waals surface area contributed by atoms with Crippen LogP contribution in [0.3, 0.4) is 0 Å². The molecule has 1 saturated heterocycles. The summed E-state index contributed by atoms with van der Waals surface area (Å²) >= 11 is 0. The van der Waals surface area contributed by atoms with Gasteiger partial charge < -0.3 is 5.32 Å². The molecule has 0 spiro atoms. The van der Waals surface area contributed by atoms with Crippen LogP contribution in [0.15, 0.2) is 59.5 Å². The molecule has 0 bridgehead atoms. The Morgan fingerprint density at radius 3 is 2.20 bits per heavy atom. The normalized spacial score (nSPS) is 16.5. The molecule has 1 atom stereocenters. The van der Waals surface area contributed by atoms with E-state index in [1.165, 1.54) is 16.4 Å². The van der Waals surface area contributed by atoms with E-state index < -0.39 is 10.0 Å². The van der Waals surface area contributed by atoms with Crippen molar-refractivity contribution in [1.29, 1.82) is 0 Å². The van der Waals surface area contributed by atoms with E-state index in [0.29, 0.717) is 18.7 Å². The molecule has 1 amide bonds. The number of carbonyl (C=O) groups is 1. The third-order valence-corrected chi connectivity index (χ3v) is 6.38. The molecule has 6 heteroatoms. The fourth-order valence-corrected chi connectivity index (χ4v) is 4.48. The summed E-state index contributed by atoms with van der Waals surface area (Å²) in [5.41, 5.74) is 1.47. The Balaban J connectivity index is 1.70. The van der Waals surface area contributed by atoms with E-state index >= 15 is 0 Å². The maximum atomic E-state index is 12.5. The first-order valence-electron chi connectivity index (χ1n) is 8.44. The van der Waals surface area contributed by atoms with Gasteiger partial charge in [-0.3, -0.25) is 4.79 Å². The van der Waals surface area contributed by atoms with Gasteiger partial charge in [0.15, 0.2) is 0 Å². The van der Waals surface area contributed by atoms with Gasteiger partial charge in [0.2, 0.25) is 10.0 Å². The Labute approximate surface area is 148 Å². The van der Waals surface area contributed by atoms with Gasteiger partial charge in [0.1, 0.15) is 0 Å². The molecule has 0 radical (unpaired) electrons. The molecule has 1 fully saturated rings. The van der Waals surface area contributed by atoms with Crippen LogP contribution in [0.2, 0.25) is 0 Å². The third-order valence-electron chi connectivity index (χ3n) is 4.47. The molecule has 0 unspecified atom stereocenters. The van der Waals surface area contributed by atoms with Gasteiger partial charge in [0.05, 0.1) is 10.9 Å². The molecular formula is C19H22N2O3S. The highest BCUT2D eigenvalue weighted by Crippen LogP contribution is 2.21. The summed E-state index contributed by atoms with van der Waals surface area (Å²) in [6.07, 6.45) is 1.80. The largest absolute Gasteiger partial charge is 0.346 e. The Morgan fingerprint density at radius 1 is 1.00 bits per heavy atom. The Kier molecular flexibility index (Phi) is 5.20. The number of benzene rings is 2. The van der Waals surface area contributed by atoms with Crippen molar-refractivity contribution in [2.24, 2.45) is 0 Å². The average molecular weight is 358 g/mol. The summed E-state index contributed by atoms with van der Waals surface area (Å²) in [7, 11) is -3.45. The maximum absolute atomic E-state index is 12.5. The fraction of sp³-hybridized carbons (Fsp3) is 0.316. The predicted octanol–water partition coefficient (Wildman–Crippen LogP) is 2.96. The molecule has 0 aromatic heterocycles. The quantitative estimate of drug-likeness (QED) is 0.894. The van der Waals surface area contributed by atoms with Crippen LogP contribution >= 0.6 is 0 Å². The van der Waals surface area contributed by atoms with Gasteiger partial charge >= 0.3 is 0 Å². The van der Waals surface area contributed by atoms with Crippen molar-refractivity contribution >= 4 is 15.9 Å². The van der Waals surface area contributed by atoms with Crippen LogP contribution in [0.1, 0.15) is 41.7 Å². The number of rotatable bonds is 5. The molecular weight excluding hydrogens is 336 g/mol. The van der Waals surface area contributed by atoms with Gasteiger partial charge in [0.25, 0.3) is 5.91 Å². The molecule has 1 aliphatic rings. The standard InChI is InChI=1S/C19H22N2O3S/c1-15(16-7-3-2-4-8-16)20-19(22)17-9-11-18(12-10-17)25(23,24)21-13-5-6-14-21/h2-4,7-12,15H,5-6,13-14H2,1H3,(H,20,22)/t15-/m1/s1. The third kappa shape index (κ3) is 3.91. The van der Waals surface area contributed by atoms with Gasteiger partial charge in [-0.05, 0) is 49.6 Å². The van der Waals surface area contributed by atoms with E-state index in [1.807, 2.05) is 37.3 Å². The zero-order valence-corrected chi connectivity index (χ0v) is 15.0. The first kappa shape index (κ1) is 17.6. The van der Waals surface area contributed by atoms with Gasteiger partial charge in [-0.1, -0.05) is 30.3 Å². The monoisotopic (exact) mass is 358 g/mol. The molecule has 1 aliphatic heterocycles. The number of nitrogens with zero attached hydrogens (tertiary/aromatic N) is 1. The zero-order valence-electron chi connectivity index (χ0n) is 14.2. The molecule has 2 aromatic rings. The topological polar surface area (TPSA) is 66.5 Å². The first-order valence-corrected chi connectivity index (χ1v) is 9.88. The summed E-state index contributed by atoms with van der Waals surface area (Å²) in [6.45, 7) is 3.05. The first-order chi connectivity index (χ1) is 12.0. The van der Waals surface area contributed by atoms with Crippen LogP contribution in [0, 0.1) is 0 Å². The summed E-state index contributed by atoms with van der Waals surface area (Å²) in [4.78, 5) is 12.6. The minimum atomic E-state index is -3.45. The number of hydrogen-bond donors (Lipinski definition) is 1. The molecule has 132 valence electrons. The summed E-state index contributed by atoms with van der Waals surface area (Å²) in [5.74, 6) is -0.221. The lowest BCUT2D eigenvalue weighted by molar-refractivity contribution is 0.0940. The number of carbonyl (C=O) groups excluding carboxylic acids is 1. The molecule has 0 saturated carbocycles. The van der Waals surface area contributed by atoms with E-state index in [4.69, 9.17) is 0 Å². The highest BCUT2D eigenvalue weighted by atomic mass is 32.2. The van der Waals surface area contributed by atoms with Crippen molar-refractivity contribution in [3.63, 3.8) is 0 Å². The molecule has 1 heterocycles. The molecule has 0 aliphatic carbocycles. The molecule has 2 aromatic carbocycles. The molecule has 3 rings (SSSR count). The van der Waals surface area contributed by atoms with Crippen LogP contribution < -0.4 is 5.32 Å². The Bertz CT molecular complexity index is 827. The second kappa shape index (κ2) is 7.37. The van der Waals surface area contributed by atoms with Crippen LogP contribution in [0.4, 0.5) is 0 Å². The van der Waals surface area contributed by atoms with E-state index in [9.17, 15) is 13.2 Å². The summed E-state index contributed by atoms with van der Waals surface area (Å²) < 4.78 is 26.5. The molecule has 1 N–H and O–H groups in total. The van der Waals surface area contributed by atoms with Crippen molar-refractivity contribution in [3.05, 3.63) is 65.7 Å². The molecule has 25 heavy (non-hydrogen) atoms. The second-order valence-electron chi connectivity index (χ2n) is 6.24. The van der Waals surface area contributed by atoms with Crippen LogP contribution in [-0.2, 0) is 10.0 Å². The Hall–Kier alpha value is -2.18. The van der Waals surface area contributed by atoms with Gasteiger partial charge in [-0.15, -0.1) is 0 Å². The van der Waals surface area contributed by atoms with Crippen LogP contribution in [0.5, 0.6) is 0 Å². The van der Waals surface area contributed by atoms with Gasteiger partial charge in [-0.2, -0.15) is 4.31 Å². The SMILES string of the molecule is C[C@@H](NC(=O)c1ccc(S(=O)(=O)N2CCCC2)cc1)c1ccccc1. The van der Waals surface area contributed by atoms with Gasteiger partial charge in [-0.25, -0.2) is 8.42 Å². The number of amides is 1. The molecule has 5 nitrogen and oxygen atoms in total. The van der Waals surface area contributed by atoms with Crippen molar-refractivity contribution in [3.8, 4) is 0 Å². The van der Waals surface area contributed by atoms with Crippen molar-refractivity contribution in [2.75, 3.05) is 13.1 Å². The maximum Gasteiger partial charge on any atom is 0.251 e. The minimum Gasteiger partial charge on any atom is -0.346 e. The number of sulfonamides is 1. The van der Waals surface area contributed by atoms with Crippen LogP contribution in [-0.4, -0.2) is 31.7 Å². The van der Waals surface area contributed by atoms with Crippen molar-refractivity contribution < 1.29 is 13.2 Å². The van der Waals surface area contributed by atoms with E-state index in [1.54, 1.807) is 12.1 Å². The van der Waals surface area contributed by atoms with Crippen molar-refractivity contribution in [1.82, 2.24) is 9.62 Å². The fourth-order valence-electron chi connectivity index (χ4n) is 2.96. The van der Waals surface area contributed by atoms with Crippen LogP contribution in [0.25, 0.3) is 0 Å². The predicted molar refractivity (Wildman–Crippen MR) is 96.8 cm³/mol. The van der Waals surface area contributed by atoms with E-state index in [0.717, 1.165) is 18.4 Å². The smallest absolute Gasteiger partial charge is 0.251 e. The minimum absolute atomic E-state index is 0.123. The van der Waals surface area contributed by atoms with E-state index in [-0.39, 0.29) is 16.8 Å². The highest BCUT2D eigenvalue weighted by Gasteiger charge is 2.27. The lowest BCUT2D eigenvalue weighted by atomic mass is 10.1. The van der Waals surface area contributed by atoms with E-state index in [2.05, 4.69) is 5.32 Å². The van der Waals surface area contributed by atoms with Crippen molar-refractivity contribution in [2.45, 2.75) is 30.7 Å². The highest BCUT2D eigenvalue weighted by molar-refractivity contribution is 7.89.